The van der Waals surface area contributed by atoms with Crippen LogP contribution in [0.5, 0.6) is 0 Å². The minimum absolute atomic E-state index is 0.257. The van der Waals surface area contributed by atoms with Crippen LogP contribution in [0.15, 0.2) is 12.2 Å². The highest BCUT2D eigenvalue weighted by Crippen LogP contribution is 2.12. The van der Waals surface area contributed by atoms with Gasteiger partial charge in [0.15, 0.2) is 0 Å². The Labute approximate surface area is 171 Å². The van der Waals surface area contributed by atoms with Crippen LogP contribution in [0.2, 0.25) is 0 Å². The van der Waals surface area contributed by atoms with Crippen LogP contribution < -0.4 is 0 Å². The lowest BCUT2D eigenvalue weighted by Gasteiger charge is -2.13. The maximum atomic E-state index is 11.3. The van der Waals surface area contributed by atoms with Crippen LogP contribution in [0, 0.1) is 0 Å². The van der Waals surface area contributed by atoms with Crippen LogP contribution in [0.1, 0.15) is 90.4 Å². The van der Waals surface area contributed by atoms with Crippen molar-refractivity contribution in [3.05, 3.63) is 12.2 Å². The molecule has 5 heteroatoms. The Balaban J connectivity index is 1.70. The van der Waals surface area contributed by atoms with E-state index in [1.54, 1.807) is 0 Å². The van der Waals surface area contributed by atoms with E-state index in [-0.39, 0.29) is 11.8 Å². The summed E-state index contributed by atoms with van der Waals surface area (Å²) in [6.07, 6.45) is 20.2. The van der Waals surface area contributed by atoms with E-state index in [2.05, 4.69) is 6.92 Å². The molecular weight excluding hydrogens is 354 g/mol. The number of imide groups is 1. The first-order valence-corrected chi connectivity index (χ1v) is 11.4. The van der Waals surface area contributed by atoms with Gasteiger partial charge in [0.1, 0.15) is 0 Å². The Morgan fingerprint density at radius 1 is 0.607 bits per heavy atom. The minimum Gasteiger partial charge on any atom is -0.379 e. The third-order valence-corrected chi connectivity index (χ3v) is 5.12. The lowest BCUT2D eigenvalue weighted by Crippen LogP contribution is -2.33. The lowest BCUT2D eigenvalue weighted by atomic mass is 10.0. The van der Waals surface area contributed by atoms with Gasteiger partial charge in [-0.2, -0.15) is 0 Å². The molecule has 0 atom stereocenters. The van der Waals surface area contributed by atoms with Crippen LogP contribution in [0.25, 0.3) is 0 Å². The number of carbonyl (C=O) groups excluding carboxylic acids is 2. The van der Waals surface area contributed by atoms with E-state index in [4.69, 9.17) is 9.47 Å². The van der Waals surface area contributed by atoms with Crippen molar-refractivity contribution in [1.82, 2.24) is 4.90 Å². The summed E-state index contributed by atoms with van der Waals surface area (Å²) in [6, 6.07) is 0. The van der Waals surface area contributed by atoms with Crippen molar-refractivity contribution in [3.8, 4) is 0 Å². The SMILES string of the molecule is CCCCCCCCCCCCCCCOCCOCCN1C(=O)C=CC1=O. The quantitative estimate of drug-likeness (QED) is 0.214. The number of unbranched alkanes of at least 4 members (excludes halogenated alkanes) is 12. The zero-order chi connectivity index (χ0) is 20.3. The normalized spacial score (nSPS) is 13.8. The zero-order valence-corrected chi connectivity index (χ0v) is 18.0. The molecular formula is C23H41NO4. The van der Waals surface area contributed by atoms with Crippen molar-refractivity contribution in [2.24, 2.45) is 0 Å². The van der Waals surface area contributed by atoms with E-state index < -0.39 is 0 Å². The van der Waals surface area contributed by atoms with E-state index in [1.165, 1.54) is 94.1 Å². The summed E-state index contributed by atoms with van der Waals surface area (Å²) in [5.41, 5.74) is 0. The van der Waals surface area contributed by atoms with E-state index in [0.29, 0.717) is 26.4 Å². The van der Waals surface area contributed by atoms with Gasteiger partial charge in [-0.25, -0.2) is 0 Å². The van der Waals surface area contributed by atoms with Gasteiger partial charge in [-0.3, -0.25) is 14.5 Å². The maximum Gasteiger partial charge on any atom is 0.253 e. The minimum atomic E-state index is -0.257. The zero-order valence-electron chi connectivity index (χ0n) is 18.0. The smallest absolute Gasteiger partial charge is 0.253 e. The number of rotatable bonds is 20. The second-order valence-electron chi connectivity index (χ2n) is 7.63. The van der Waals surface area contributed by atoms with Crippen molar-refractivity contribution in [3.63, 3.8) is 0 Å². The summed E-state index contributed by atoms with van der Waals surface area (Å²) in [5, 5.41) is 0. The molecule has 1 aliphatic heterocycles. The molecule has 1 heterocycles. The van der Waals surface area contributed by atoms with Crippen molar-refractivity contribution in [1.29, 1.82) is 0 Å². The molecule has 0 fully saturated rings. The number of carbonyl (C=O) groups is 2. The third kappa shape index (κ3) is 13.1. The molecule has 0 saturated carbocycles. The van der Waals surface area contributed by atoms with Gasteiger partial charge in [0.05, 0.1) is 26.4 Å². The van der Waals surface area contributed by atoms with Crippen LogP contribution in [0.4, 0.5) is 0 Å². The highest BCUT2D eigenvalue weighted by molar-refractivity contribution is 6.12. The molecule has 1 rings (SSSR count). The van der Waals surface area contributed by atoms with Gasteiger partial charge >= 0.3 is 0 Å². The second kappa shape index (κ2) is 17.9. The topological polar surface area (TPSA) is 55.8 Å². The Morgan fingerprint density at radius 2 is 1.04 bits per heavy atom. The van der Waals surface area contributed by atoms with E-state index in [1.807, 2.05) is 0 Å². The van der Waals surface area contributed by atoms with Crippen molar-refractivity contribution in [2.75, 3.05) is 33.0 Å². The standard InChI is InChI=1S/C23H41NO4/c1-2-3-4-5-6-7-8-9-10-11-12-13-14-18-27-20-21-28-19-17-24-22(25)15-16-23(24)26/h15-16H,2-14,17-21H2,1H3. The van der Waals surface area contributed by atoms with Crippen LogP contribution in [-0.4, -0.2) is 49.7 Å². The van der Waals surface area contributed by atoms with Gasteiger partial charge in [0.25, 0.3) is 11.8 Å². The molecule has 0 radical (unpaired) electrons. The molecule has 2 amide bonds. The van der Waals surface area contributed by atoms with Crippen molar-refractivity contribution >= 4 is 11.8 Å². The maximum absolute atomic E-state index is 11.3. The molecule has 0 unspecified atom stereocenters. The Kier molecular flexibility index (Phi) is 15.9. The number of hydrogen-bond acceptors (Lipinski definition) is 4. The van der Waals surface area contributed by atoms with Gasteiger partial charge < -0.3 is 9.47 Å². The molecule has 1 aliphatic rings. The molecule has 0 N–H and O–H groups in total. The fourth-order valence-corrected chi connectivity index (χ4v) is 3.35. The predicted molar refractivity (Wildman–Crippen MR) is 113 cm³/mol. The van der Waals surface area contributed by atoms with Gasteiger partial charge in [-0.05, 0) is 6.42 Å². The molecule has 0 aromatic carbocycles. The van der Waals surface area contributed by atoms with Crippen LogP contribution >= 0.6 is 0 Å². The highest BCUT2D eigenvalue weighted by Gasteiger charge is 2.22. The average molecular weight is 396 g/mol. The first-order chi connectivity index (χ1) is 13.8. The fourth-order valence-electron chi connectivity index (χ4n) is 3.35. The number of nitrogens with zero attached hydrogens (tertiary/aromatic N) is 1. The van der Waals surface area contributed by atoms with Gasteiger partial charge in [0.2, 0.25) is 0 Å². The second-order valence-corrected chi connectivity index (χ2v) is 7.63. The molecule has 0 saturated heterocycles. The Morgan fingerprint density at radius 3 is 1.54 bits per heavy atom. The first kappa shape index (κ1) is 24.8. The first-order valence-electron chi connectivity index (χ1n) is 11.4. The van der Waals surface area contributed by atoms with E-state index >= 15 is 0 Å². The molecule has 0 bridgehead atoms. The van der Waals surface area contributed by atoms with E-state index in [9.17, 15) is 9.59 Å². The summed E-state index contributed by atoms with van der Waals surface area (Å²) < 4.78 is 11.0. The van der Waals surface area contributed by atoms with Gasteiger partial charge in [-0.15, -0.1) is 0 Å². The van der Waals surface area contributed by atoms with Gasteiger partial charge in [-0.1, -0.05) is 84.0 Å². The number of hydrogen-bond donors (Lipinski definition) is 0. The largest absolute Gasteiger partial charge is 0.379 e. The van der Waals surface area contributed by atoms with Crippen molar-refractivity contribution in [2.45, 2.75) is 90.4 Å². The monoisotopic (exact) mass is 395 g/mol. The van der Waals surface area contributed by atoms with Crippen LogP contribution in [-0.2, 0) is 19.1 Å². The molecule has 0 spiro atoms. The fraction of sp³-hybridized carbons (Fsp3) is 0.826. The number of ether oxygens (including phenoxy) is 2. The molecule has 0 aromatic rings. The summed E-state index contributed by atoms with van der Waals surface area (Å²) >= 11 is 0. The Hall–Kier alpha value is -1.20. The van der Waals surface area contributed by atoms with Crippen molar-refractivity contribution < 1.29 is 19.1 Å². The van der Waals surface area contributed by atoms with E-state index in [0.717, 1.165) is 13.0 Å². The van der Waals surface area contributed by atoms with Crippen LogP contribution in [0.3, 0.4) is 0 Å². The van der Waals surface area contributed by atoms with Gasteiger partial charge in [0, 0.05) is 18.8 Å². The Bertz CT molecular complexity index is 418. The molecule has 0 aliphatic carbocycles. The summed E-state index contributed by atoms with van der Waals surface area (Å²) in [4.78, 5) is 23.9. The average Bonchev–Trinajstić information content (AvgIpc) is 3.01. The summed E-state index contributed by atoms with van der Waals surface area (Å²) in [6.45, 7) is 4.80. The lowest BCUT2D eigenvalue weighted by molar-refractivity contribution is -0.137. The molecule has 5 nitrogen and oxygen atoms in total. The molecule has 0 aromatic heterocycles. The predicted octanol–water partition coefficient (Wildman–Crippen LogP) is 5.04. The summed E-state index contributed by atoms with van der Waals surface area (Å²) in [7, 11) is 0. The highest BCUT2D eigenvalue weighted by atomic mass is 16.5. The third-order valence-electron chi connectivity index (χ3n) is 5.12. The molecule has 162 valence electrons. The molecule has 28 heavy (non-hydrogen) atoms. The number of amides is 2. The summed E-state index contributed by atoms with van der Waals surface area (Å²) in [5.74, 6) is -0.514.